The van der Waals surface area contributed by atoms with E-state index in [0.29, 0.717) is 11.3 Å². The molecule has 2 fully saturated rings. The summed E-state index contributed by atoms with van der Waals surface area (Å²) in [6.45, 7) is 6.77. The van der Waals surface area contributed by atoms with Crippen LogP contribution in [0.4, 0.5) is 0 Å². The first-order valence-electron chi connectivity index (χ1n) is 6.30. The van der Waals surface area contributed by atoms with Crippen molar-refractivity contribution < 1.29 is 5.11 Å². The molecule has 0 aromatic carbocycles. The smallest absolute Gasteiger partial charge is 0.0829 e. The van der Waals surface area contributed by atoms with Crippen LogP contribution in [0.5, 0.6) is 0 Å². The van der Waals surface area contributed by atoms with Crippen molar-refractivity contribution in [1.82, 2.24) is 0 Å². The molecule has 2 rings (SSSR count). The average molecular weight is 211 g/mol. The van der Waals surface area contributed by atoms with Gasteiger partial charge in [-0.15, -0.1) is 0 Å². The van der Waals surface area contributed by atoms with Gasteiger partial charge in [-0.25, -0.2) is 0 Å². The van der Waals surface area contributed by atoms with E-state index in [2.05, 4.69) is 20.8 Å². The second-order valence-corrected chi connectivity index (χ2v) is 6.69. The Balaban J connectivity index is 2.10. The monoisotopic (exact) mass is 211 g/mol. The van der Waals surface area contributed by atoms with Gasteiger partial charge in [-0.2, -0.15) is 0 Å². The third-order valence-corrected chi connectivity index (χ3v) is 4.89. The van der Waals surface area contributed by atoms with Gasteiger partial charge in [-0.05, 0) is 49.9 Å². The molecule has 0 spiro atoms. The van der Waals surface area contributed by atoms with Gasteiger partial charge < -0.3 is 10.8 Å². The van der Waals surface area contributed by atoms with Gasteiger partial charge in [0, 0.05) is 5.54 Å². The van der Waals surface area contributed by atoms with Gasteiger partial charge in [-0.1, -0.05) is 20.8 Å². The highest BCUT2D eigenvalue weighted by Crippen LogP contribution is 2.54. The van der Waals surface area contributed by atoms with Crippen molar-refractivity contribution in [3.05, 3.63) is 0 Å². The predicted octanol–water partition coefficient (Wildman–Crippen LogP) is 2.45. The molecule has 0 aromatic heterocycles. The zero-order valence-electron chi connectivity index (χ0n) is 10.3. The Labute approximate surface area is 93.2 Å². The Bertz CT molecular complexity index is 263. The molecule has 0 aliphatic heterocycles. The van der Waals surface area contributed by atoms with E-state index < -0.39 is 5.60 Å². The largest absolute Gasteiger partial charge is 0.388 e. The quantitative estimate of drug-likeness (QED) is 0.654. The van der Waals surface area contributed by atoms with Crippen LogP contribution in [-0.2, 0) is 0 Å². The molecular weight excluding hydrogens is 186 g/mol. The summed E-state index contributed by atoms with van der Waals surface area (Å²) in [5.41, 5.74) is 5.84. The van der Waals surface area contributed by atoms with Crippen LogP contribution >= 0.6 is 0 Å². The van der Waals surface area contributed by atoms with Gasteiger partial charge in [0.05, 0.1) is 5.60 Å². The van der Waals surface area contributed by atoms with E-state index in [1.165, 1.54) is 6.42 Å². The first-order chi connectivity index (χ1) is 6.79. The molecule has 2 heteroatoms. The average Bonchev–Trinajstić information content (AvgIpc) is 2.75. The van der Waals surface area contributed by atoms with Crippen molar-refractivity contribution in [3.8, 4) is 0 Å². The fraction of sp³-hybridized carbons (Fsp3) is 1.00. The van der Waals surface area contributed by atoms with Crippen LogP contribution in [-0.4, -0.2) is 16.2 Å². The van der Waals surface area contributed by atoms with E-state index in [1.54, 1.807) is 0 Å². The summed E-state index contributed by atoms with van der Waals surface area (Å²) in [5.74, 6) is 0.503. The van der Waals surface area contributed by atoms with E-state index in [9.17, 15) is 5.11 Å². The molecule has 0 heterocycles. The van der Waals surface area contributed by atoms with E-state index in [0.717, 1.165) is 32.1 Å². The van der Waals surface area contributed by atoms with Crippen LogP contribution in [0.2, 0.25) is 0 Å². The summed E-state index contributed by atoms with van der Waals surface area (Å²) in [4.78, 5) is 0. The maximum Gasteiger partial charge on any atom is 0.0829 e. The molecule has 2 nitrogen and oxygen atoms in total. The molecule has 2 aliphatic carbocycles. The highest BCUT2D eigenvalue weighted by Gasteiger charge is 2.61. The minimum absolute atomic E-state index is 0.270. The molecule has 0 bridgehead atoms. The lowest BCUT2D eigenvalue weighted by Gasteiger charge is -2.35. The Hall–Kier alpha value is -0.0800. The Morgan fingerprint density at radius 2 is 1.73 bits per heavy atom. The topological polar surface area (TPSA) is 46.2 Å². The van der Waals surface area contributed by atoms with Gasteiger partial charge in [0.15, 0.2) is 0 Å². The number of nitrogens with two attached hydrogens (primary N) is 1. The van der Waals surface area contributed by atoms with Crippen LogP contribution in [0.3, 0.4) is 0 Å². The molecule has 3 N–H and O–H groups in total. The third kappa shape index (κ3) is 1.83. The zero-order valence-corrected chi connectivity index (χ0v) is 10.3. The Kier molecular flexibility index (Phi) is 2.44. The number of rotatable bonds is 1. The lowest BCUT2D eigenvalue weighted by Crippen LogP contribution is -2.51. The Morgan fingerprint density at radius 3 is 2.27 bits per heavy atom. The van der Waals surface area contributed by atoms with Crippen LogP contribution < -0.4 is 5.73 Å². The highest BCUT2D eigenvalue weighted by molar-refractivity contribution is 5.18. The highest BCUT2D eigenvalue weighted by atomic mass is 16.3. The van der Waals surface area contributed by atoms with Gasteiger partial charge in [-0.3, -0.25) is 0 Å². The zero-order chi connectivity index (χ0) is 11.3. The van der Waals surface area contributed by atoms with Crippen molar-refractivity contribution >= 4 is 0 Å². The summed E-state index contributed by atoms with van der Waals surface area (Å²) in [6, 6.07) is 0. The summed E-state index contributed by atoms with van der Waals surface area (Å²) in [6.07, 6.45) is 6.24. The third-order valence-electron chi connectivity index (χ3n) is 4.89. The van der Waals surface area contributed by atoms with Crippen LogP contribution in [0, 0.1) is 11.3 Å². The van der Waals surface area contributed by atoms with Gasteiger partial charge in [0.25, 0.3) is 0 Å². The van der Waals surface area contributed by atoms with Crippen LogP contribution in [0.25, 0.3) is 0 Å². The summed E-state index contributed by atoms with van der Waals surface area (Å²) < 4.78 is 0. The maximum atomic E-state index is 10.7. The molecule has 2 aliphatic rings. The maximum absolute atomic E-state index is 10.7. The van der Waals surface area contributed by atoms with Crippen molar-refractivity contribution in [2.75, 3.05) is 0 Å². The summed E-state index contributed by atoms with van der Waals surface area (Å²) >= 11 is 0. The minimum atomic E-state index is -0.583. The van der Waals surface area contributed by atoms with E-state index in [1.807, 2.05) is 0 Å². The van der Waals surface area contributed by atoms with Gasteiger partial charge in [0.2, 0.25) is 0 Å². The van der Waals surface area contributed by atoms with Crippen molar-refractivity contribution in [2.45, 2.75) is 70.4 Å². The molecule has 2 saturated carbocycles. The van der Waals surface area contributed by atoms with Crippen molar-refractivity contribution in [2.24, 2.45) is 17.1 Å². The first kappa shape index (κ1) is 11.4. The van der Waals surface area contributed by atoms with Crippen LogP contribution in [0.1, 0.15) is 59.3 Å². The first-order valence-corrected chi connectivity index (χ1v) is 6.30. The van der Waals surface area contributed by atoms with Crippen LogP contribution in [0.15, 0.2) is 0 Å². The molecule has 15 heavy (non-hydrogen) atoms. The number of aliphatic hydroxyl groups is 1. The molecule has 0 saturated heterocycles. The number of hydrogen-bond acceptors (Lipinski definition) is 2. The van der Waals surface area contributed by atoms with Crippen molar-refractivity contribution in [3.63, 3.8) is 0 Å². The lowest BCUT2D eigenvalue weighted by molar-refractivity contribution is -0.0171. The van der Waals surface area contributed by atoms with E-state index in [-0.39, 0.29) is 5.54 Å². The van der Waals surface area contributed by atoms with Crippen molar-refractivity contribution in [1.29, 1.82) is 0 Å². The fourth-order valence-electron chi connectivity index (χ4n) is 3.22. The molecule has 0 aromatic rings. The SMILES string of the molecule is CC1CC1(N)C1(O)CCCC(C)(C)CC1. The van der Waals surface area contributed by atoms with E-state index >= 15 is 0 Å². The van der Waals surface area contributed by atoms with Gasteiger partial charge >= 0.3 is 0 Å². The lowest BCUT2D eigenvalue weighted by atomic mass is 9.81. The predicted molar refractivity (Wildman–Crippen MR) is 62.5 cm³/mol. The Morgan fingerprint density at radius 1 is 1.13 bits per heavy atom. The fourth-order valence-corrected chi connectivity index (χ4v) is 3.22. The summed E-state index contributed by atoms with van der Waals surface area (Å²) in [5, 5.41) is 10.7. The second-order valence-electron chi connectivity index (χ2n) is 6.69. The standard InChI is InChI=1S/C13H25NO/c1-10-9-13(10,14)12(15)6-4-5-11(2,3)7-8-12/h10,15H,4-9,14H2,1-3H3. The number of hydrogen-bond donors (Lipinski definition) is 2. The minimum Gasteiger partial charge on any atom is -0.388 e. The molecule has 3 unspecified atom stereocenters. The normalized spacial score (nSPS) is 49.8. The molecule has 3 atom stereocenters. The second kappa shape index (κ2) is 3.21. The molecule has 0 amide bonds. The molecular formula is C13H25NO. The molecule has 88 valence electrons. The summed E-state index contributed by atoms with van der Waals surface area (Å²) in [7, 11) is 0. The molecule has 0 radical (unpaired) electrons. The van der Waals surface area contributed by atoms with E-state index in [4.69, 9.17) is 5.73 Å². The van der Waals surface area contributed by atoms with Gasteiger partial charge in [0.1, 0.15) is 0 Å².